The number of rotatable bonds is 3. The Morgan fingerprint density at radius 3 is 2.64 bits per heavy atom. The highest BCUT2D eigenvalue weighted by molar-refractivity contribution is 6.07. The van der Waals surface area contributed by atoms with Crippen molar-refractivity contribution in [3.8, 4) is 5.75 Å². The number of methoxy groups -OCH3 is 1. The maximum Gasteiger partial charge on any atom is 0.272 e. The molecule has 0 saturated carbocycles. The fourth-order valence-corrected chi connectivity index (χ4v) is 2.61. The summed E-state index contributed by atoms with van der Waals surface area (Å²) in [5.74, 6) is 0.500. The van der Waals surface area contributed by atoms with Gasteiger partial charge in [-0.15, -0.1) is 0 Å². The van der Waals surface area contributed by atoms with Gasteiger partial charge in [0.2, 0.25) is 0 Å². The lowest BCUT2D eigenvalue weighted by molar-refractivity contribution is 0.101. The molecule has 0 atom stereocenters. The summed E-state index contributed by atoms with van der Waals surface area (Å²) in [7, 11) is 3.49. The molecule has 3 rings (SSSR count). The number of aromatic nitrogens is 1. The van der Waals surface area contributed by atoms with Crippen LogP contribution in [0.1, 0.15) is 16.1 Å². The van der Waals surface area contributed by atoms with Crippen molar-refractivity contribution in [2.24, 2.45) is 7.05 Å². The summed E-state index contributed by atoms with van der Waals surface area (Å²) in [5, 5.41) is 3.98. The summed E-state index contributed by atoms with van der Waals surface area (Å²) in [6.45, 7) is 1.98. The minimum absolute atomic E-state index is 0.150. The molecule has 0 aliphatic rings. The van der Waals surface area contributed by atoms with Gasteiger partial charge >= 0.3 is 0 Å². The number of nitrogens with zero attached hydrogens (tertiary/aromatic N) is 1. The van der Waals surface area contributed by atoms with E-state index in [1.807, 2.05) is 67.1 Å². The van der Waals surface area contributed by atoms with Crippen LogP contribution in [-0.4, -0.2) is 17.6 Å². The molecular formula is C18H18N2O2. The molecule has 4 heteroatoms. The highest BCUT2D eigenvalue weighted by atomic mass is 16.5. The van der Waals surface area contributed by atoms with Crippen molar-refractivity contribution in [2.45, 2.75) is 6.92 Å². The minimum Gasteiger partial charge on any atom is -0.495 e. The molecule has 112 valence electrons. The van der Waals surface area contributed by atoms with Crippen molar-refractivity contribution < 1.29 is 9.53 Å². The number of hydrogen-bond acceptors (Lipinski definition) is 2. The first kappa shape index (κ1) is 14.2. The summed E-state index contributed by atoms with van der Waals surface area (Å²) in [4.78, 5) is 12.6. The largest absolute Gasteiger partial charge is 0.495 e. The average Bonchev–Trinajstić information content (AvgIpc) is 2.85. The molecule has 1 N–H and O–H groups in total. The van der Waals surface area contributed by atoms with Crippen LogP contribution in [0.3, 0.4) is 0 Å². The lowest BCUT2D eigenvalue weighted by Gasteiger charge is -2.11. The standard InChI is InChI=1S/C18H18N2O2/c1-12-8-9-17(22-3)14(10-12)19-18(21)16-11-13-6-4-5-7-15(13)20(16)2/h4-11H,1-3H3,(H,19,21). The predicted molar refractivity (Wildman–Crippen MR) is 88.6 cm³/mol. The molecule has 4 nitrogen and oxygen atoms in total. The van der Waals surface area contributed by atoms with Gasteiger partial charge in [0.15, 0.2) is 0 Å². The van der Waals surface area contributed by atoms with Crippen molar-refractivity contribution in [1.82, 2.24) is 4.57 Å². The third-order valence-electron chi connectivity index (χ3n) is 3.79. The van der Waals surface area contributed by atoms with E-state index in [2.05, 4.69) is 5.32 Å². The van der Waals surface area contributed by atoms with Crippen LogP contribution < -0.4 is 10.1 Å². The number of aryl methyl sites for hydroxylation is 2. The summed E-state index contributed by atoms with van der Waals surface area (Å²) in [6.07, 6.45) is 0. The molecule has 0 unspecified atom stereocenters. The van der Waals surface area contributed by atoms with Gasteiger partial charge in [-0.1, -0.05) is 24.3 Å². The van der Waals surface area contributed by atoms with Crippen LogP contribution in [0.4, 0.5) is 5.69 Å². The van der Waals surface area contributed by atoms with E-state index in [-0.39, 0.29) is 5.91 Å². The van der Waals surface area contributed by atoms with Gasteiger partial charge in [0.1, 0.15) is 11.4 Å². The smallest absolute Gasteiger partial charge is 0.272 e. The molecule has 0 bridgehead atoms. The van der Waals surface area contributed by atoms with Crippen LogP contribution in [0.25, 0.3) is 10.9 Å². The van der Waals surface area contributed by atoms with Crippen molar-refractivity contribution in [2.75, 3.05) is 12.4 Å². The molecule has 0 saturated heterocycles. The lowest BCUT2D eigenvalue weighted by Crippen LogP contribution is -2.16. The van der Waals surface area contributed by atoms with E-state index in [4.69, 9.17) is 4.74 Å². The number of anilines is 1. The molecule has 0 radical (unpaired) electrons. The van der Waals surface area contributed by atoms with Crippen molar-refractivity contribution >= 4 is 22.5 Å². The zero-order chi connectivity index (χ0) is 15.7. The molecule has 3 aromatic rings. The Morgan fingerprint density at radius 2 is 1.91 bits per heavy atom. The van der Waals surface area contributed by atoms with Gasteiger partial charge in [-0.05, 0) is 36.8 Å². The van der Waals surface area contributed by atoms with Gasteiger partial charge in [-0.3, -0.25) is 4.79 Å². The number of ether oxygens (including phenoxy) is 1. The molecule has 0 spiro atoms. The molecule has 1 heterocycles. The fraction of sp³-hybridized carbons (Fsp3) is 0.167. The van der Waals surface area contributed by atoms with E-state index in [0.29, 0.717) is 17.1 Å². The first-order valence-electron chi connectivity index (χ1n) is 7.10. The molecule has 1 aromatic heterocycles. The van der Waals surface area contributed by atoms with Gasteiger partial charge in [0, 0.05) is 18.0 Å². The quantitative estimate of drug-likeness (QED) is 0.799. The Hall–Kier alpha value is -2.75. The first-order chi connectivity index (χ1) is 10.6. The topological polar surface area (TPSA) is 43.3 Å². The second-order valence-electron chi connectivity index (χ2n) is 5.31. The zero-order valence-corrected chi connectivity index (χ0v) is 12.9. The number of hydrogen-bond donors (Lipinski definition) is 1. The van der Waals surface area contributed by atoms with Crippen LogP contribution in [0.2, 0.25) is 0 Å². The van der Waals surface area contributed by atoms with E-state index in [0.717, 1.165) is 16.5 Å². The molecule has 1 amide bonds. The average molecular weight is 294 g/mol. The number of benzene rings is 2. The van der Waals surface area contributed by atoms with Crippen molar-refractivity contribution in [1.29, 1.82) is 0 Å². The third-order valence-corrected chi connectivity index (χ3v) is 3.79. The fourth-order valence-electron chi connectivity index (χ4n) is 2.61. The SMILES string of the molecule is COc1ccc(C)cc1NC(=O)c1cc2ccccc2n1C. The number of fused-ring (bicyclic) bond motifs is 1. The highest BCUT2D eigenvalue weighted by Gasteiger charge is 2.15. The Balaban J connectivity index is 1.97. The minimum atomic E-state index is -0.150. The maximum atomic E-state index is 12.6. The van der Waals surface area contributed by atoms with Gasteiger partial charge in [0.25, 0.3) is 5.91 Å². The number of amides is 1. The van der Waals surface area contributed by atoms with Gasteiger partial charge in [-0.25, -0.2) is 0 Å². The number of nitrogens with one attached hydrogen (secondary N) is 1. The lowest BCUT2D eigenvalue weighted by atomic mass is 10.2. The second kappa shape index (κ2) is 5.56. The van der Waals surface area contributed by atoms with Crippen LogP contribution in [0, 0.1) is 6.92 Å². The molecule has 0 fully saturated rings. The van der Waals surface area contributed by atoms with Crippen molar-refractivity contribution in [3.05, 3.63) is 59.8 Å². The Morgan fingerprint density at radius 1 is 1.14 bits per heavy atom. The van der Waals surface area contributed by atoms with Crippen LogP contribution in [0.5, 0.6) is 5.75 Å². The Labute approximate surface area is 129 Å². The number of carbonyl (C=O) groups excluding carboxylic acids is 1. The summed E-state index contributed by atoms with van der Waals surface area (Å²) < 4.78 is 7.20. The van der Waals surface area contributed by atoms with Crippen LogP contribution >= 0.6 is 0 Å². The molecular weight excluding hydrogens is 276 g/mol. The number of carbonyl (C=O) groups is 1. The monoisotopic (exact) mass is 294 g/mol. The van der Waals surface area contributed by atoms with Crippen molar-refractivity contribution in [3.63, 3.8) is 0 Å². The van der Waals surface area contributed by atoms with Gasteiger partial charge < -0.3 is 14.6 Å². The summed E-state index contributed by atoms with van der Waals surface area (Å²) in [5.41, 5.74) is 3.39. The first-order valence-corrected chi connectivity index (χ1v) is 7.10. The van der Waals surface area contributed by atoms with E-state index < -0.39 is 0 Å². The second-order valence-corrected chi connectivity index (χ2v) is 5.31. The van der Waals surface area contributed by atoms with Gasteiger partial charge in [-0.2, -0.15) is 0 Å². The Bertz CT molecular complexity index is 849. The van der Waals surface area contributed by atoms with E-state index in [1.165, 1.54) is 0 Å². The Kier molecular flexibility index (Phi) is 3.59. The molecule has 0 aliphatic heterocycles. The molecule has 2 aromatic carbocycles. The van der Waals surface area contributed by atoms with E-state index in [1.54, 1.807) is 7.11 Å². The molecule has 0 aliphatic carbocycles. The third kappa shape index (κ3) is 2.44. The molecule has 22 heavy (non-hydrogen) atoms. The van der Waals surface area contributed by atoms with Gasteiger partial charge in [0.05, 0.1) is 12.8 Å². The normalized spacial score (nSPS) is 10.7. The maximum absolute atomic E-state index is 12.6. The van der Waals surface area contributed by atoms with E-state index >= 15 is 0 Å². The van der Waals surface area contributed by atoms with Crippen LogP contribution in [-0.2, 0) is 7.05 Å². The summed E-state index contributed by atoms with van der Waals surface area (Å²) >= 11 is 0. The van der Waals surface area contributed by atoms with Crippen LogP contribution in [0.15, 0.2) is 48.5 Å². The summed E-state index contributed by atoms with van der Waals surface area (Å²) in [6, 6.07) is 15.5. The van der Waals surface area contributed by atoms with E-state index in [9.17, 15) is 4.79 Å². The zero-order valence-electron chi connectivity index (χ0n) is 12.9. The number of para-hydroxylation sites is 1. The predicted octanol–water partition coefficient (Wildman–Crippen LogP) is 3.75. The highest BCUT2D eigenvalue weighted by Crippen LogP contribution is 2.26.